The lowest BCUT2D eigenvalue weighted by atomic mass is 9.84. The molecule has 0 aliphatic carbocycles. The Morgan fingerprint density at radius 3 is 2.58 bits per heavy atom. The van der Waals surface area contributed by atoms with Gasteiger partial charge in [0.2, 0.25) is 0 Å². The van der Waals surface area contributed by atoms with Gasteiger partial charge < -0.3 is 14.6 Å². The normalized spacial score (nSPS) is 17.4. The number of amides is 1. The molecule has 7 nitrogen and oxygen atoms in total. The van der Waals surface area contributed by atoms with Gasteiger partial charge in [0.05, 0.1) is 29.5 Å². The maximum atomic E-state index is 13.5. The lowest BCUT2D eigenvalue weighted by Gasteiger charge is -2.24. The number of benzene rings is 2. The number of anilines is 1. The fraction of sp³-hybridized carbons (Fsp3) is 0.276. The Bertz CT molecular complexity index is 1560. The van der Waals surface area contributed by atoms with E-state index < -0.39 is 17.7 Å². The number of Topliss-reactive ketones (excluding diaryl/α,β-unsaturated/α-hetero) is 1. The highest BCUT2D eigenvalue weighted by Crippen LogP contribution is 2.46. The van der Waals surface area contributed by atoms with Gasteiger partial charge in [-0.05, 0) is 60.2 Å². The van der Waals surface area contributed by atoms with Crippen molar-refractivity contribution in [2.45, 2.75) is 39.2 Å². The topological polar surface area (TPSA) is 89.0 Å². The Hall–Kier alpha value is -3.69. The zero-order chi connectivity index (χ0) is 27.2. The van der Waals surface area contributed by atoms with Crippen LogP contribution in [0.2, 0.25) is 0 Å². The number of aliphatic hydroxyl groups excluding tert-OH is 1. The van der Waals surface area contributed by atoms with Gasteiger partial charge in [-0.1, -0.05) is 38.2 Å². The molecule has 196 valence electrons. The Morgan fingerprint density at radius 2 is 1.92 bits per heavy atom. The van der Waals surface area contributed by atoms with E-state index >= 15 is 0 Å². The summed E-state index contributed by atoms with van der Waals surface area (Å²) in [6.45, 7) is 8.58. The van der Waals surface area contributed by atoms with E-state index in [4.69, 9.17) is 9.47 Å². The second kappa shape index (κ2) is 9.89. The summed E-state index contributed by atoms with van der Waals surface area (Å²) in [4.78, 5) is 33.8. The minimum absolute atomic E-state index is 0.0386. The Morgan fingerprint density at radius 1 is 1.13 bits per heavy atom. The summed E-state index contributed by atoms with van der Waals surface area (Å²) in [6.07, 6.45) is 0. The van der Waals surface area contributed by atoms with Crippen molar-refractivity contribution < 1.29 is 24.2 Å². The van der Waals surface area contributed by atoms with Gasteiger partial charge in [-0.3, -0.25) is 14.5 Å². The van der Waals surface area contributed by atoms with Crippen LogP contribution in [0.25, 0.3) is 16.0 Å². The van der Waals surface area contributed by atoms with Crippen LogP contribution in [0.4, 0.5) is 5.13 Å². The minimum Gasteiger partial charge on any atom is -0.507 e. The highest BCUT2D eigenvalue weighted by Gasteiger charge is 2.48. The van der Waals surface area contributed by atoms with E-state index in [1.165, 1.54) is 27.6 Å². The molecule has 0 spiro atoms. The maximum Gasteiger partial charge on any atom is 0.301 e. The van der Waals surface area contributed by atoms with Crippen LogP contribution >= 0.6 is 22.7 Å². The lowest BCUT2D eigenvalue weighted by molar-refractivity contribution is -0.132. The molecule has 3 heterocycles. The summed E-state index contributed by atoms with van der Waals surface area (Å²) in [5, 5.41) is 13.8. The van der Waals surface area contributed by atoms with Crippen molar-refractivity contribution >= 4 is 55.5 Å². The van der Waals surface area contributed by atoms with E-state index in [2.05, 4.69) is 4.98 Å². The first-order chi connectivity index (χ1) is 18.1. The van der Waals surface area contributed by atoms with Gasteiger partial charge in [0.15, 0.2) is 5.13 Å². The Balaban J connectivity index is 1.67. The van der Waals surface area contributed by atoms with Crippen LogP contribution in [0.15, 0.2) is 59.5 Å². The number of hydrogen-bond acceptors (Lipinski definition) is 8. The molecule has 1 aliphatic rings. The van der Waals surface area contributed by atoms with E-state index in [9.17, 15) is 14.7 Å². The second-order valence-electron chi connectivity index (χ2n) is 9.91. The van der Waals surface area contributed by atoms with Gasteiger partial charge in [-0.25, -0.2) is 4.98 Å². The molecule has 1 unspecified atom stereocenters. The molecule has 0 bridgehead atoms. The number of aliphatic hydroxyl groups is 1. The molecule has 4 aromatic rings. The van der Waals surface area contributed by atoms with Crippen LogP contribution < -0.4 is 14.4 Å². The molecule has 1 atom stereocenters. The number of hydrogen-bond donors (Lipinski definition) is 1. The molecule has 0 saturated carbocycles. The van der Waals surface area contributed by atoms with E-state index in [1.807, 2.05) is 69.5 Å². The molecule has 1 fully saturated rings. The molecular formula is C29H28N2O5S2. The summed E-state index contributed by atoms with van der Waals surface area (Å²) in [6, 6.07) is 13.8. The fourth-order valence-electron chi connectivity index (χ4n) is 4.59. The molecule has 1 amide bonds. The van der Waals surface area contributed by atoms with E-state index in [0.717, 1.165) is 15.1 Å². The van der Waals surface area contributed by atoms with Crippen molar-refractivity contribution in [1.29, 1.82) is 0 Å². The SMILES string of the molecule is CCOc1ccc2nc(N3C(=O)C(=O)/C(=C(/O)c4ccc(OC)c(C(C)(C)C)c4)C3c3cccs3)sc2c1. The Kier molecular flexibility index (Phi) is 6.75. The number of methoxy groups -OCH3 is 1. The predicted molar refractivity (Wildman–Crippen MR) is 152 cm³/mol. The van der Waals surface area contributed by atoms with Crippen molar-refractivity contribution in [3.8, 4) is 11.5 Å². The van der Waals surface area contributed by atoms with Gasteiger partial charge in [0.1, 0.15) is 23.3 Å². The third-order valence-corrected chi connectivity index (χ3v) is 8.35. The third kappa shape index (κ3) is 4.46. The average molecular weight is 549 g/mol. The number of rotatable bonds is 6. The van der Waals surface area contributed by atoms with Gasteiger partial charge in [0.25, 0.3) is 5.78 Å². The number of fused-ring (bicyclic) bond motifs is 1. The molecule has 38 heavy (non-hydrogen) atoms. The van der Waals surface area contributed by atoms with Gasteiger partial charge >= 0.3 is 5.91 Å². The molecule has 1 aliphatic heterocycles. The first kappa shape index (κ1) is 25.9. The molecule has 2 aromatic carbocycles. The first-order valence-electron chi connectivity index (χ1n) is 12.2. The average Bonchev–Trinajstić information content (AvgIpc) is 3.61. The van der Waals surface area contributed by atoms with E-state index in [0.29, 0.717) is 34.3 Å². The van der Waals surface area contributed by atoms with E-state index in [1.54, 1.807) is 19.2 Å². The molecule has 0 radical (unpaired) electrons. The number of carbonyl (C=O) groups excluding carboxylic acids is 2. The van der Waals surface area contributed by atoms with Crippen LogP contribution in [-0.2, 0) is 15.0 Å². The first-order valence-corrected chi connectivity index (χ1v) is 13.9. The van der Waals surface area contributed by atoms with Gasteiger partial charge in [-0.15, -0.1) is 11.3 Å². The zero-order valence-corrected chi connectivity index (χ0v) is 23.4. The van der Waals surface area contributed by atoms with Crippen LogP contribution in [-0.4, -0.2) is 35.5 Å². The van der Waals surface area contributed by atoms with Crippen molar-refractivity contribution in [3.63, 3.8) is 0 Å². The number of carbonyl (C=O) groups is 2. The third-order valence-electron chi connectivity index (χ3n) is 6.40. The highest BCUT2D eigenvalue weighted by atomic mass is 32.1. The molecule has 1 N–H and O–H groups in total. The number of thiazole rings is 1. The summed E-state index contributed by atoms with van der Waals surface area (Å²) < 4.78 is 12.0. The monoisotopic (exact) mass is 548 g/mol. The summed E-state index contributed by atoms with van der Waals surface area (Å²) in [5.41, 5.74) is 1.78. The molecule has 1 saturated heterocycles. The van der Waals surface area contributed by atoms with Crippen molar-refractivity contribution in [2.24, 2.45) is 0 Å². The maximum absolute atomic E-state index is 13.5. The summed E-state index contributed by atoms with van der Waals surface area (Å²) in [7, 11) is 1.60. The van der Waals surface area contributed by atoms with Crippen LogP contribution in [0, 0.1) is 0 Å². The molecule has 9 heteroatoms. The zero-order valence-electron chi connectivity index (χ0n) is 21.8. The standard InChI is InChI=1S/C29H28N2O5S2/c1-6-36-17-10-11-19-22(15-17)38-28(30-19)31-24(21-8-7-13-37-21)23(26(33)27(31)34)25(32)16-9-12-20(35-5)18(14-16)29(2,3)4/h7-15,24,32H,6H2,1-5H3/b25-23+. The van der Waals surface area contributed by atoms with Gasteiger partial charge in [-0.2, -0.15) is 0 Å². The smallest absolute Gasteiger partial charge is 0.301 e. The minimum atomic E-state index is -0.804. The quantitative estimate of drug-likeness (QED) is 0.164. The molecular weight excluding hydrogens is 520 g/mol. The fourth-order valence-corrected chi connectivity index (χ4v) is 6.44. The number of nitrogens with zero attached hydrogens (tertiary/aromatic N) is 2. The second-order valence-corrected chi connectivity index (χ2v) is 11.9. The van der Waals surface area contributed by atoms with Crippen LogP contribution in [0.3, 0.4) is 0 Å². The molecule has 2 aromatic heterocycles. The number of ether oxygens (including phenoxy) is 2. The number of ketones is 1. The van der Waals surface area contributed by atoms with Crippen molar-refractivity contribution in [1.82, 2.24) is 4.98 Å². The summed E-state index contributed by atoms with van der Waals surface area (Å²) >= 11 is 2.72. The largest absolute Gasteiger partial charge is 0.507 e. The van der Waals surface area contributed by atoms with Crippen LogP contribution in [0.1, 0.15) is 49.7 Å². The summed E-state index contributed by atoms with van der Waals surface area (Å²) in [5.74, 6) is -0.301. The predicted octanol–water partition coefficient (Wildman–Crippen LogP) is 6.69. The number of aromatic nitrogens is 1. The number of thiophene rings is 1. The van der Waals surface area contributed by atoms with Gasteiger partial charge in [0, 0.05) is 16.0 Å². The van der Waals surface area contributed by atoms with E-state index in [-0.39, 0.29) is 16.7 Å². The van der Waals surface area contributed by atoms with Crippen LogP contribution in [0.5, 0.6) is 11.5 Å². The Labute approximate surface area is 229 Å². The molecule has 5 rings (SSSR count). The van der Waals surface area contributed by atoms with Crippen molar-refractivity contribution in [2.75, 3.05) is 18.6 Å². The van der Waals surface area contributed by atoms with Crippen molar-refractivity contribution in [3.05, 3.63) is 75.5 Å². The lowest BCUT2D eigenvalue weighted by Crippen LogP contribution is -2.28. The highest BCUT2D eigenvalue weighted by molar-refractivity contribution is 7.22.